The largest absolute Gasteiger partial charge is 0.492 e. The first-order chi connectivity index (χ1) is 13.3. The molecule has 1 atom stereocenters. The van der Waals surface area contributed by atoms with Crippen LogP contribution in [0, 0.1) is 5.92 Å². The third-order valence-electron chi connectivity index (χ3n) is 4.99. The highest BCUT2D eigenvalue weighted by Gasteiger charge is 2.35. The van der Waals surface area contributed by atoms with E-state index in [1.54, 1.807) is 4.90 Å². The van der Waals surface area contributed by atoms with Gasteiger partial charge in [-0.2, -0.15) is 0 Å². The molecular formula is C23H28N2O3. The SMILES string of the molecule is CCOc1ccccc1NC(=O)C1CC(=O)N(c2ccc(C(C)(C)C)cc2)C1. The summed E-state index contributed by atoms with van der Waals surface area (Å²) in [5, 5.41) is 2.92. The normalized spacial score (nSPS) is 16.9. The van der Waals surface area contributed by atoms with Gasteiger partial charge in [0.1, 0.15) is 5.75 Å². The predicted molar refractivity (Wildman–Crippen MR) is 112 cm³/mol. The van der Waals surface area contributed by atoms with Gasteiger partial charge in [-0.3, -0.25) is 9.59 Å². The van der Waals surface area contributed by atoms with Crippen molar-refractivity contribution in [2.45, 2.75) is 39.5 Å². The van der Waals surface area contributed by atoms with Crippen LogP contribution in [0.5, 0.6) is 5.75 Å². The summed E-state index contributed by atoms with van der Waals surface area (Å²) in [4.78, 5) is 26.9. The minimum atomic E-state index is -0.385. The lowest BCUT2D eigenvalue weighted by Crippen LogP contribution is -2.28. The number of nitrogens with one attached hydrogen (secondary N) is 1. The molecule has 0 aromatic heterocycles. The monoisotopic (exact) mass is 380 g/mol. The van der Waals surface area contributed by atoms with E-state index >= 15 is 0 Å². The van der Waals surface area contributed by atoms with Gasteiger partial charge >= 0.3 is 0 Å². The smallest absolute Gasteiger partial charge is 0.229 e. The fourth-order valence-electron chi connectivity index (χ4n) is 3.36. The second-order valence-electron chi connectivity index (χ2n) is 8.12. The first-order valence-electron chi connectivity index (χ1n) is 9.73. The van der Waals surface area contributed by atoms with Crippen LogP contribution in [-0.2, 0) is 15.0 Å². The molecule has 1 N–H and O–H groups in total. The van der Waals surface area contributed by atoms with E-state index in [-0.39, 0.29) is 29.6 Å². The lowest BCUT2D eigenvalue weighted by Gasteiger charge is -2.21. The van der Waals surface area contributed by atoms with Crippen molar-refractivity contribution in [1.29, 1.82) is 0 Å². The molecule has 2 amide bonds. The number of hydrogen-bond donors (Lipinski definition) is 1. The average Bonchev–Trinajstić information content (AvgIpc) is 3.05. The van der Waals surface area contributed by atoms with Crippen LogP contribution in [-0.4, -0.2) is 25.0 Å². The van der Waals surface area contributed by atoms with Gasteiger partial charge in [0.15, 0.2) is 0 Å². The van der Waals surface area contributed by atoms with Gasteiger partial charge in [-0.15, -0.1) is 0 Å². The Kier molecular flexibility index (Phi) is 5.73. The van der Waals surface area contributed by atoms with Crippen LogP contribution >= 0.6 is 0 Å². The highest BCUT2D eigenvalue weighted by atomic mass is 16.5. The molecule has 2 aromatic carbocycles. The van der Waals surface area contributed by atoms with Crippen LogP contribution in [0.1, 0.15) is 39.7 Å². The molecule has 0 saturated carbocycles. The van der Waals surface area contributed by atoms with Gasteiger partial charge < -0.3 is 15.0 Å². The number of amides is 2. The summed E-state index contributed by atoms with van der Waals surface area (Å²) in [6.07, 6.45) is 0.212. The summed E-state index contributed by atoms with van der Waals surface area (Å²) < 4.78 is 5.56. The average molecular weight is 380 g/mol. The van der Waals surface area contributed by atoms with Crippen molar-refractivity contribution in [2.75, 3.05) is 23.4 Å². The number of carbonyl (C=O) groups is 2. The highest BCUT2D eigenvalue weighted by molar-refractivity contribution is 6.03. The maximum Gasteiger partial charge on any atom is 0.229 e. The number of benzene rings is 2. The Morgan fingerprint density at radius 3 is 2.46 bits per heavy atom. The van der Waals surface area contributed by atoms with Crippen LogP contribution < -0.4 is 15.0 Å². The van der Waals surface area contributed by atoms with Crippen molar-refractivity contribution in [1.82, 2.24) is 0 Å². The Hall–Kier alpha value is -2.82. The van der Waals surface area contributed by atoms with E-state index in [1.807, 2.05) is 55.5 Å². The lowest BCUT2D eigenvalue weighted by atomic mass is 9.87. The Labute approximate surface area is 166 Å². The topological polar surface area (TPSA) is 58.6 Å². The van der Waals surface area contributed by atoms with Crippen LogP contribution in [0.4, 0.5) is 11.4 Å². The first kappa shape index (κ1) is 19.9. The van der Waals surface area contributed by atoms with Gasteiger partial charge in [0, 0.05) is 18.7 Å². The van der Waals surface area contributed by atoms with Crippen LogP contribution in [0.15, 0.2) is 48.5 Å². The van der Waals surface area contributed by atoms with Gasteiger partial charge in [-0.1, -0.05) is 45.0 Å². The molecule has 5 heteroatoms. The molecule has 1 fully saturated rings. The van der Waals surface area contributed by atoms with Gasteiger partial charge in [0.2, 0.25) is 11.8 Å². The van der Waals surface area contributed by atoms with Gasteiger partial charge in [0.25, 0.3) is 0 Å². The predicted octanol–water partition coefficient (Wildman–Crippen LogP) is 4.37. The van der Waals surface area contributed by atoms with Crippen molar-refractivity contribution >= 4 is 23.2 Å². The maximum atomic E-state index is 12.7. The molecule has 1 aliphatic heterocycles. The summed E-state index contributed by atoms with van der Waals surface area (Å²) >= 11 is 0. The Bertz CT molecular complexity index is 853. The summed E-state index contributed by atoms with van der Waals surface area (Å²) in [5.74, 6) is 0.0674. The molecule has 1 saturated heterocycles. The van der Waals surface area contributed by atoms with Crippen molar-refractivity contribution in [3.63, 3.8) is 0 Å². The van der Waals surface area contributed by atoms with Crippen molar-refractivity contribution in [3.8, 4) is 5.75 Å². The van der Waals surface area contributed by atoms with E-state index in [2.05, 4.69) is 26.1 Å². The Morgan fingerprint density at radius 2 is 1.82 bits per heavy atom. The van der Waals surface area contributed by atoms with Crippen molar-refractivity contribution < 1.29 is 14.3 Å². The van der Waals surface area contributed by atoms with E-state index in [4.69, 9.17) is 4.74 Å². The maximum absolute atomic E-state index is 12.7. The second kappa shape index (κ2) is 8.05. The molecule has 1 heterocycles. The highest BCUT2D eigenvalue weighted by Crippen LogP contribution is 2.30. The first-order valence-corrected chi connectivity index (χ1v) is 9.73. The van der Waals surface area contributed by atoms with Gasteiger partial charge in [0.05, 0.1) is 18.2 Å². The van der Waals surface area contributed by atoms with Crippen molar-refractivity contribution in [2.24, 2.45) is 5.92 Å². The fourth-order valence-corrected chi connectivity index (χ4v) is 3.36. The summed E-state index contributed by atoms with van der Waals surface area (Å²) in [7, 11) is 0. The molecule has 3 rings (SSSR count). The zero-order chi connectivity index (χ0) is 20.3. The molecular weight excluding hydrogens is 352 g/mol. The zero-order valence-electron chi connectivity index (χ0n) is 17.0. The Morgan fingerprint density at radius 1 is 1.14 bits per heavy atom. The van der Waals surface area contributed by atoms with Crippen LogP contribution in [0.25, 0.3) is 0 Å². The standard InChI is InChI=1S/C23H28N2O3/c1-5-28-20-9-7-6-8-19(20)24-22(27)16-14-21(26)25(15-16)18-12-10-17(11-13-18)23(2,3)4/h6-13,16H,5,14-15H2,1-4H3,(H,24,27). The number of carbonyl (C=O) groups excluding carboxylic acids is 2. The van der Waals surface area contributed by atoms with Gasteiger partial charge in [-0.05, 0) is 42.2 Å². The van der Waals surface area contributed by atoms with Crippen molar-refractivity contribution in [3.05, 3.63) is 54.1 Å². The molecule has 0 spiro atoms. The number of rotatable bonds is 5. The Balaban J connectivity index is 1.70. The zero-order valence-corrected chi connectivity index (χ0v) is 17.0. The van der Waals surface area contributed by atoms with Gasteiger partial charge in [-0.25, -0.2) is 0 Å². The van der Waals surface area contributed by atoms with E-state index in [9.17, 15) is 9.59 Å². The number of nitrogens with zero attached hydrogens (tertiary/aromatic N) is 1. The number of ether oxygens (including phenoxy) is 1. The van der Waals surface area contributed by atoms with E-state index in [0.717, 1.165) is 5.69 Å². The molecule has 148 valence electrons. The molecule has 28 heavy (non-hydrogen) atoms. The summed E-state index contributed by atoms with van der Waals surface area (Å²) in [6, 6.07) is 15.4. The minimum absolute atomic E-state index is 0.0262. The fraction of sp³-hybridized carbons (Fsp3) is 0.391. The second-order valence-corrected chi connectivity index (χ2v) is 8.12. The molecule has 5 nitrogen and oxygen atoms in total. The minimum Gasteiger partial charge on any atom is -0.492 e. The third kappa shape index (κ3) is 4.35. The molecule has 1 aliphatic rings. The number of para-hydroxylation sites is 2. The number of anilines is 2. The van der Waals surface area contributed by atoms with E-state index < -0.39 is 0 Å². The lowest BCUT2D eigenvalue weighted by molar-refractivity contribution is -0.122. The van der Waals surface area contributed by atoms with Crippen LogP contribution in [0.3, 0.4) is 0 Å². The molecule has 0 bridgehead atoms. The molecule has 0 aliphatic carbocycles. The van der Waals surface area contributed by atoms with Crippen LogP contribution in [0.2, 0.25) is 0 Å². The molecule has 0 radical (unpaired) electrons. The van der Waals surface area contributed by atoms with E-state index in [0.29, 0.717) is 24.6 Å². The third-order valence-corrected chi connectivity index (χ3v) is 4.99. The molecule has 2 aromatic rings. The summed E-state index contributed by atoms with van der Waals surface area (Å²) in [5.41, 5.74) is 2.74. The summed E-state index contributed by atoms with van der Waals surface area (Å²) in [6.45, 7) is 9.27. The molecule has 1 unspecified atom stereocenters. The van der Waals surface area contributed by atoms with E-state index in [1.165, 1.54) is 5.56 Å². The quantitative estimate of drug-likeness (QED) is 0.838. The number of hydrogen-bond acceptors (Lipinski definition) is 3.